The maximum atomic E-state index is 13.2. The molecule has 1 atom stereocenters. The second-order valence-electron chi connectivity index (χ2n) is 8.62. The van der Waals surface area contributed by atoms with Gasteiger partial charge in [-0.25, -0.2) is 4.79 Å². The number of carboxylic acid groups (broad SMARTS) is 1. The number of carbonyl (C=O) groups excluding carboxylic acids is 1. The van der Waals surface area contributed by atoms with Crippen LogP contribution in [0.25, 0.3) is 6.08 Å². The number of methoxy groups -OCH3 is 1. The molecule has 2 aromatic carbocycles. The highest BCUT2D eigenvalue weighted by Crippen LogP contribution is 2.36. The van der Waals surface area contributed by atoms with Gasteiger partial charge in [-0.05, 0) is 35.8 Å². The number of carboxylic acids is 1. The molecule has 8 heteroatoms. The lowest BCUT2D eigenvalue weighted by Crippen LogP contribution is -2.45. The summed E-state index contributed by atoms with van der Waals surface area (Å²) >= 11 is 6.51. The molecule has 6 nitrogen and oxygen atoms in total. The van der Waals surface area contributed by atoms with E-state index in [-0.39, 0.29) is 10.7 Å². The second kappa shape index (κ2) is 14.0. The molecule has 192 valence electrons. The first kappa shape index (κ1) is 27.7. The number of amides is 1. The minimum absolute atomic E-state index is 0.175. The van der Waals surface area contributed by atoms with E-state index in [9.17, 15) is 14.7 Å². The minimum Gasteiger partial charge on any atom is -0.493 e. The van der Waals surface area contributed by atoms with Gasteiger partial charge < -0.3 is 14.6 Å². The molecule has 1 aliphatic rings. The van der Waals surface area contributed by atoms with Crippen LogP contribution in [0.5, 0.6) is 11.5 Å². The van der Waals surface area contributed by atoms with Crippen LogP contribution in [-0.2, 0) is 16.0 Å². The topological polar surface area (TPSA) is 76.1 Å². The number of carbonyl (C=O) groups is 2. The number of benzene rings is 2. The number of ether oxygens (including phenoxy) is 2. The normalized spacial score (nSPS) is 15.4. The summed E-state index contributed by atoms with van der Waals surface area (Å²) in [4.78, 5) is 26.8. The van der Waals surface area contributed by atoms with Crippen LogP contribution in [0, 0.1) is 0 Å². The Hall–Kier alpha value is -2.84. The zero-order valence-electron chi connectivity index (χ0n) is 20.8. The van der Waals surface area contributed by atoms with Gasteiger partial charge in [0.05, 0.1) is 18.6 Å². The first-order valence-corrected chi connectivity index (χ1v) is 13.5. The van der Waals surface area contributed by atoms with Crippen molar-refractivity contribution in [3.63, 3.8) is 0 Å². The number of thiocarbonyl (C=S) groups is 1. The van der Waals surface area contributed by atoms with Crippen molar-refractivity contribution in [3.8, 4) is 11.5 Å². The van der Waals surface area contributed by atoms with Crippen molar-refractivity contribution in [1.29, 1.82) is 0 Å². The number of thioether (sulfide) groups is 1. The van der Waals surface area contributed by atoms with Crippen LogP contribution < -0.4 is 9.47 Å². The van der Waals surface area contributed by atoms with Crippen LogP contribution >= 0.6 is 24.0 Å². The van der Waals surface area contributed by atoms with Gasteiger partial charge in [0, 0.05) is 6.42 Å². The highest BCUT2D eigenvalue weighted by atomic mass is 32.2. The molecule has 1 aliphatic heterocycles. The van der Waals surface area contributed by atoms with Crippen LogP contribution in [0.2, 0.25) is 0 Å². The third-order valence-electron chi connectivity index (χ3n) is 5.93. The van der Waals surface area contributed by atoms with E-state index in [0.717, 1.165) is 35.7 Å². The molecule has 1 saturated heterocycles. The second-order valence-corrected chi connectivity index (χ2v) is 10.3. The zero-order chi connectivity index (χ0) is 25.9. The summed E-state index contributed by atoms with van der Waals surface area (Å²) in [6.45, 7) is 2.83. The fraction of sp³-hybridized carbons (Fsp3) is 0.393. The van der Waals surface area contributed by atoms with Crippen molar-refractivity contribution >= 4 is 46.3 Å². The van der Waals surface area contributed by atoms with E-state index >= 15 is 0 Å². The molecule has 1 amide bonds. The number of nitrogens with zero attached hydrogens (tertiary/aromatic N) is 1. The molecular weight excluding hydrogens is 494 g/mol. The average Bonchev–Trinajstić information content (AvgIpc) is 3.15. The smallest absolute Gasteiger partial charge is 0.327 e. The van der Waals surface area contributed by atoms with Crippen LogP contribution in [-0.4, -0.2) is 46.0 Å². The molecule has 1 heterocycles. The fourth-order valence-electron chi connectivity index (χ4n) is 3.98. The van der Waals surface area contributed by atoms with Gasteiger partial charge in [-0.2, -0.15) is 0 Å². The van der Waals surface area contributed by atoms with Gasteiger partial charge in [0.1, 0.15) is 10.4 Å². The summed E-state index contributed by atoms with van der Waals surface area (Å²) < 4.78 is 11.7. The van der Waals surface area contributed by atoms with Crippen LogP contribution in [0.15, 0.2) is 53.4 Å². The molecule has 0 radical (unpaired) electrons. The highest BCUT2D eigenvalue weighted by Gasteiger charge is 2.40. The van der Waals surface area contributed by atoms with Crippen molar-refractivity contribution in [2.75, 3.05) is 13.7 Å². The Bertz CT molecular complexity index is 1090. The molecule has 2 aromatic rings. The molecular formula is C28H33NO5S2. The number of unbranched alkanes of at least 4 members (excludes halogenated alkanes) is 5. The monoisotopic (exact) mass is 527 g/mol. The van der Waals surface area contributed by atoms with E-state index in [2.05, 4.69) is 6.92 Å². The molecule has 0 spiro atoms. The largest absolute Gasteiger partial charge is 0.493 e. The summed E-state index contributed by atoms with van der Waals surface area (Å²) in [5, 5.41) is 9.84. The van der Waals surface area contributed by atoms with Crippen molar-refractivity contribution in [2.24, 2.45) is 0 Å². The summed E-state index contributed by atoms with van der Waals surface area (Å²) in [5.41, 5.74) is 1.57. The highest BCUT2D eigenvalue weighted by molar-refractivity contribution is 8.26. The fourth-order valence-corrected chi connectivity index (χ4v) is 5.34. The first-order valence-electron chi connectivity index (χ1n) is 12.3. The quantitative estimate of drug-likeness (QED) is 0.175. The lowest BCUT2D eigenvalue weighted by atomic mass is 10.0. The summed E-state index contributed by atoms with van der Waals surface area (Å²) in [6.07, 6.45) is 9.01. The number of hydrogen-bond acceptors (Lipinski definition) is 6. The van der Waals surface area contributed by atoms with Crippen LogP contribution in [0.3, 0.4) is 0 Å². The Morgan fingerprint density at radius 1 is 1.08 bits per heavy atom. The molecule has 0 saturated carbocycles. The summed E-state index contributed by atoms with van der Waals surface area (Å²) in [6, 6.07) is 13.6. The Morgan fingerprint density at radius 3 is 2.50 bits per heavy atom. The Kier molecular flexibility index (Phi) is 10.8. The Labute approximate surface area is 222 Å². The number of hydrogen-bond donors (Lipinski definition) is 1. The third-order valence-corrected chi connectivity index (χ3v) is 7.26. The van der Waals surface area contributed by atoms with Gasteiger partial charge in [0.15, 0.2) is 11.5 Å². The van der Waals surface area contributed by atoms with Crippen molar-refractivity contribution < 1.29 is 24.2 Å². The first-order chi connectivity index (χ1) is 17.4. The molecule has 1 fully saturated rings. The number of aliphatic carboxylic acids is 1. The lowest BCUT2D eigenvalue weighted by Gasteiger charge is -2.23. The predicted molar refractivity (Wildman–Crippen MR) is 148 cm³/mol. The van der Waals surface area contributed by atoms with Gasteiger partial charge in [0.25, 0.3) is 5.91 Å². The maximum Gasteiger partial charge on any atom is 0.327 e. The van der Waals surface area contributed by atoms with Gasteiger partial charge in [-0.3, -0.25) is 9.69 Å². The minimum atomic E-state index is -1.09. The maximum absolute atomic E-state index is 13.2. The van der Waals surface area contributed by atoms with Gasteiger partial charge in [-0.1, -0.05) is 99.4 Å². The van der Waals surface area contributed by atoms with Crippen molar-refractivity contribution in [3.05, 3.63) is 64.6 Å². The third kappa shape index (κ3) is 7.58. The molecule has 3 rings (SSSR count). The molecule has 0 aromatic heterocycles. The van der Waals surface area contributed by atoms with Crippen LogP contribution in [0.1, 0.15) is 56.6 Å². The Balaban J connectivity index is 1.68. The summed E-state index contributed by atoms with van der Waals surface area (Å²) in [5.74, 6) is -0.261. The standard InChI is InChI=1S/C28H33NO5S2/c1-3-4-5-6-7-11-16-34-23-15-14-21(18-24(23)33-2)19-25-26(30)29(28(35)36-25)22(27(31)32)17-20-12-9-8-10-13-20/h8-10,12-15,18-19,22H,3-7,11,16-17H2,1-2H3,(H,31,32). The summed E-state index contributed by atoms with van der Waals surface area (Å²) in [7, 11) is 1.58. The van der Waals surface area contributed by atoms with E-state index < -0.39 is 17.9 Å². The van der Waals surface area contributed by atoms with E-state index in [1.807, 2.05) is 48.5 Å². The van der Waals surface area contributed by atoms with Gasteiger partial charge in [-0.15, -0.1) is 0 Å². The lowest BCUT2D eigenvalue weighted by molar-refractivity contribution is -0.145. The average molecular weight is 528 g/mol. The van der Waals surface area contributed by atoms with E-state index in [0.29, 0.717) is 23.0 Å². The van der Waals surface area contributed by atoms with E-state index in [4.69, 9.17) is 21.7 Å². The molecule has 1 N–H and O–H groups in total. The Morgan fingerprint density at radius 2 is 1.81 bits per heavy atom. The molecule has 1 unspecified atom stereocenters. The number of rotatable bonds is 14. The molecule has 0 aliphatic carbocycles. The molecule has 0 bridgehead atoms. The van der Waals surface area contributed by atoms with Gasteiger partial charge >= 0.3 is 5.97 Å². The van der Waals surface area contributed by atoms with E-state index in [1.165, 1.54) is 30.6 Å². The zero-order valence-corrected chi connectivity index (χ0v) is 22.4. The van der Waals surface area contributed by atoms with Crippen LogP contribution in [0.4, 0.5) is 0 Å². The van der Waals surface area contributed by atoms with Crippen molar-refractivity contribution in [1.82, 2.24) is 4.90 Å². The molecule has 36 heavy (non-hydrogen) atoms. The predicted octanol–water partition coefficient (Wildman–Crippen LogP) is 6.33. The van der Waals surface area contributed by atoms with Crippen molar-refractivity contribution in [2.45, 2.75) is 57.9 Å². The SMILES string of the molecule is CCCCCCCCOc1ccc(C=C2SC(=S)N(C(Cc3ccccc3)C(=O)O)C2=O)cc1OC. The van der Waals surface area contributed by atoms with E-state index in [1.54, 1.807) is 13.2 Å². The van der Waals surface area contributed by atoms with Gasteiger partial charge in [0.2, 0.25) is 0 Å².